The van der Waals surface area contributed by atoms with Crippen LogP contribution in [0, 0.1) is 18.3 Å². The van der Waals surface area contributed by atoms with E-state index < -0.39 is 0 Å². The van der Waals surface area contributed by atoms with Gasteiger partial charge in [0.05, 0.1) is 0 Å². The Balaban J connectivity index is 2.27. The zero-order valence-electron chi connectivity index (χ0n) is 7.96. The molecule has 0 aliphatic heterocycles. The third-order valence-electron chi connectivity index (χ3n) is 2.73. The van der Waals surface area contributed by atoms with Crippen LogP contribution >= 0.6 is 0 Å². The molecule has 2 unspecified atom stereocenters. The van der Waals surface area contributed by atoms with Crippen molar-refractivity contribution >= 4 is 5.78 Å². The fourth-order valence-corrected chi connectivity index (χ4v) is 1.94. The highest BCUT2D eigenvalue weighted by Crippen LogP contribution is 2.26. The highest BCUT2D eigenvalue weighted by molar-refractivity contribution is 5.81. The summed E-state index contributed by atoms with van der Waals surface area (Å²) < 4.78 is 0. The molecule has 2 atom stereocenters. The lowest BCUT2D eigenvalue weighted by atomic mass is 9.95. The maximum absolute atomic E-state index is 11.6. The molecule has 0 saturated heterocycles. The van der Waals surface area contributed by atoms with Crippen molar-refractivity contribution in [3.63, 3.8) is 0 Å². The molecular weight excluding hydrogens is 162 g/mol. The van der Waals surface area contributed by atoms with E-state index in [9.17, 15) is 4.79 Å². The van der Waals surface area contributed by atoms with Crippen LogP contribution in [0.25, 0.3) is 0 Å². The first kappa shape index (κ1) is 10.3. The number of nitrogens with two attached hydrogens (primary N) is 1. The van der Waals surface area contributed by atoms with Gasteiger partial charge in [0, 0.05) is 24.8 Å². The minimum Gasteiger partial charge on any atom is -0.327 e. The SMILES string of the molecule is C#CCCCC(=O)C1CCCC1N. The van der Waals surface area contributed by atoms with E-state index in [1.54, 1.807) is 0 Å². The topological polar surface area (TPSA) is 43.1 Å². The largest absolute Gasteiger partial charge is 0.327 e. The summed E-state index contributed by atoms with van der Waals surface area (Å²) in [5, 5.41) is 0. The molecule has 1 rings (SSSR count). The maximum Gasteiger partial charge on any atom is 0.137 e. The van der Waals surface area contributed by atoms with Crippen molar-refractivity contribution in [3.8, 4) is 12.3 Å². The van der Waals surface area contributed by atoms with Gasteiger partial charge in [-0.3, -0.25) is 4.79 Å². The molecule has 0 spiro atoms. The van der Waals surface area contributed by atoms with Crippen LogP contribution in [-0.4, -0.2) is 11.8 Å². The highest BCUT2D eigenvalue weighted by atomic mass is 16.1. The number of hydrogen-bond acceptors (Lipinski definition) is 2. The Hall–Kier alpha value is -0.810. The fraction of sp³-hybridized carbons (Fsp3) is 0.727. The van der Waals surface area contributed by atoms with Crippen LogP contribution in [0.15, 0.2) is 0 Å². The van der Waals surface area contributed by atoms with Gasteiger partial charge in [0.2, 0.25) is 0 Å². The second-order valence-corrected chi connectivity index (χ2v) is 3.73. The number of ketones is 1. The summed E-state index contributed by atoms with van der Waals surface area (Å²) in [6.07, 6.45) is 10.3. The normalized spacial score (nSPS) is 27.1. The van der Waals surface area contributed by atoms with Gasteiger partial charge in [-0.1, -0.05) is 6.42 Å². The van der Waals surface area contributed by atoms with Crippen molar-refractivity contribution in [3.05, 3.63) is 0 Å². The summed E-state index contributed by atoms with van der Waals surface area (Å²) in [5.41, 5.74) is 5.82. The molecule has 1 fully saturated rings. The predicted octanol–water partition coefficient (Wildman–Crippen LogP) is 1.49. The Morgan fingerprint density at radius 2 is 2.31 bits per heavy atom. The maximum atomic E-state index is 11.6. The molecule has 2 heteroatoms. The van der Waals surface area contributed by atoms with Crippen LogP contribution in [0.1, 0.15) is 38.5 Å². The Labute approximate surface area is 79.9 Å². The third kappa shape index (κ3) is 2.86. The standard InChI is InChI=1S/C11H17NO/c1-2-3-4-8-11(13)9-6-5-7-10(9)12/h1,9-10H,3-8,12H2. The van der Waals surface area contributed by atoms with Gasteiger partial charge in [0.15, 0.2) is 0 Å². The number of unbranched alkanes of at least 4 members (excludes halogenated alkanes) is 1. The van der Waals surface area contributed by atoms with Crippen molar-refractivity contribution in [1.82, 2.24) is 0 Å². The molecule has 0 heterocycles. The van der Waals surface area contributed by atoms with Gasteiger partial charge in [-0.25, -0.2) is 0 Å². The van der Waals surface area contributed by atoms with E-state index in [0.717, 1.165) is 25.7 Å². The minimum absolute atomic E-state index is 0.110. The van der Waals surface area contributed by atoms with Gasteiger partial charge in [0.1, 0.15) is 5.78 Å². The van der Waals surface area contributed by atoms with Gasteiger partial charge < -0.3 is 5.73 Å². The molecule has 0 aromatic rings. The van der Waals surface area contributed by atoms with Crippen molar-refractivity contribution in [2.24, 2.45) is 11.7 Å². The molecule has 0 bridgehead atoms. The van der Waals surface area contributed by atoms with E-state index in [-0.39, 0.29) is 12.0 Å². The fourth-order valence-electron chi connectivity index (χ4n) is 1.94. The van der Waals surface area contributed by atoms with Crippen molar-refractivity contribution < 1.29 is 4.79 Å². The molecule has 0 aromatic carbocycles. The van der Waals surface area contributed by atoms with E-state index >= 15 is 0 Å². The number of terminal acetylenes is 1. The molecule has 72 valence electrons. The molecule has 0 radical (unpaired) electrons. The van der Waals surface area contributed by atoms with E-state index in [4.69, 9.17) is 12.2 Å². The van der Waals surface area contributed by atoms with E-state index in [2.05, 4.69) is 5.92 Å². The van der Waals surface area contributed by atoms with Gasteiger partial charge >= 0.3 is 0 Å². The Kier molecular flexibility index (Phi) is 3.98. The Morgan fingerprint density at radius 1 is 1.54 bits per heavy atom. The molecule has 1 saturated carbocycles. The first-order valence-electron chi connectivity index (χ1n) is 4.97. The average Bonchev–Trinajstić information content (AvgIpc) is 2.52. The van der Waals surface area contributed by atoms with Gasteiger partial charge in [-0.15, -0.1) is 12.3 Å². The minimum atomic E-state index is 0.110. The lowest BCUT2D eigenvalue weighted by Gasteiger charge is -2.12. The van der Waals surface area contributed by atoms with Crippen LogP contribution < -0.4 is 5.73 Å². The van der Waals surface area contributed by atoms with Crippen molar-refractivity contribution in [2.45, 2.75) is 44.6 Å². The summed E-state index contributed by atoms with van der Waals surface area (Å²) in [6.45, 7) is 0. The quantitative estimate of drug-likeness (QED) is 0.525. The number of rotatable bonds is 4. The zero-order valence-corrected chi connectivity index (χ0v) is 7.96. The Morgan fingerprint density at radius 3 is 2.85 bits per heavy atom. The summed E-state index contributed by atoms with van der Waals surface area (Å²) in [6, 6.07) is 0.110. The summed E-state index contributed by atoms with van der Waals surface area (Å²) in [5.74, 6) is 2.98. The molecule has 0 amide bonds. The monoisotopic (exact) mass is 179 g/mol. The number of hydrogen-bond donors (Lipinski definition) is 1. The van der Waals surface area contributed by atoms with Crippen molar-refractivity contribution in [1.29, 1.82) is 0 Å². The van der Waals surface area contributed by atoms with E-state index in [0.29, 0.717) is 18.6 Å². The van der Waals surface area contributed by atoms with E-state index in [1.165, 1.54) is 0 Å². The van der Waals surface area contributed by atoms with Gasteiger partial charge in [0.25, 0.3) is 0 Å². The first-order valence-corrected chi connectivity index (χ1v) is 4.97. The summed E-state index contributed by atoms with van der Waals surface area (Å²) in [4.78, 5) is 11.6. The molecular formula is C11H17NO. The Bertz CT molecular complexity index is 217. The number of Topliss-reactive ketones (excluding diaryl/α,β-unsaturated/α-hetero) is 1. The summed E-state index contributed by atoms with van der Waals surface area (Å²) >= 11 is 0. The van der Waals surface area contributed by atoms with Crippen LogP contribution in [0.5, 0.6) is 0 Å². The summed E-state index contributed by atoms with van der Waals surface area (Å²) in [7, 11) is 0. The van der Waals surface area contributed by atoms with Crippen LogP contribution in [0.4, 0.5) is 0 Å². The van der Waals surface area contributed by atoms with Crippen LogP contribution in [0.2, 0.25) is 0 Å². The van der Waals surface area contributed by atoms with Crippen LogP contribution in [-0.2, 0) is 4.79 Å². The smallest absolute Gasteiger partial charge is 0.137 e. The van der Waals surface area contributed by atoms with Gasteiger partial charge in [-0.05, 0) is 19.3 Å². The second kappa shape index (κ2) is 5.04. The molecule has 2 nitrogen and oxygen atoms in total. The number of carbonyl (C=O) groups excluding carboxylic acids is 1. The molecule has 1 aliphatic rings. The average molecular weight is 179 g/mol. The molecule has 1 aliphatic carbocycles. The second-order valence-electron chi connectivity index (χ2n) is 3.73. The van der Waals surface area contributed by atoms with Crippen LogP contribution in [0.3, 0.4) is 0 Å². The molecule has 2 N–H and O–H groups in total. The zero-order chi connectivity index (χ0) is 9.68. The van der Waals surface area contributed by atoms with Gasteiger partial charge in [-0.2, -0.15) is 0 Å². The molecule has 0 aromatic heterocycles. The van der Waals surface area contributed by atoms with E-state index in [1.807, 2.05) is 0 Å². The van der Waals surface area contributed by atoms with Crippen molar-refractivity contribution in [2.75, 3.05) is 0 Å². The predicted molar refractivity (Wildman–Crippen MR) is 53.0 cm³/mol. The number of carbonyl (C=O) groups is 1. The lowest BCUT2D eigenvalue weighted by Crippen LogP contribution is -2.30. The highest BCUT2D eigenvalue weighted by Gasteiger charge is 2.29. The molecule has 13 heavy (non-hydrogen) atoms. The third-order valence-corrected chi connectivity index (χ3v) is 2.73. The lowest BCUT2D eigenvalue weighted by molar-refractivity contribution is -0.123. The first-order chi connectivity index (χ1) is 6.25.